The van der Waals surface area contributed by atoms with Gasteiger partial charge in [0.15, 0.2) is 5.60 Å². The van der Waals surface area contributed by atoms with E-state index in [-0.39, 0.29) is 19.1 Å². The topological polar surface area (TPSA) is 98.4 Å². The summed E-state index contributed by atoms with van der Waals surface area (Å²) in [5, 5.41) is 0. The third kappa shape index (κ3) is 2.55. The van der Waals surface area contributed by atoms with Crippen molar-refractivity contribution in [2.45, 2.75) is 19.4 Å². The summed E-state index contributed by atoms with van der Waals surface area (Å²) in [6.07, 6.45) is 2.86. The molecule has 7 heteroatoms. The summed E-state index contributed by atoms with van der Waals surface area (Å²) in [4.78, 5) is 33.1. The SMILES string of the molecule is Cc1ncncc1C(=O)N1CCOC(C)(C(N)=O)C1. The molecule has 2 amide bonds. The second kappa shape index (κ2) is 4.93. The number of carbonyl (C=O) groups excluding carboxylic acids is 2. The number of carbonyl (C=O) groups is 2. The number of nitrogens with zero attached hydrogens (tertiary/aromatic N) is 3. The van der Waals surface area contributed by atoms with Crippen LogP contribution in [-0.2, 0) is 9.53 Å². The van der Waals surface area contributed by atoms with Crippen LogP contribution in [0.25, 0.3) is 0 Å². The van der Waals surface area contributed by atoms with Crippen LogP contribution < -0.4 is 5.73 Å². The molecular weight excluding hydrogens is 248 g/mol. The van der Waals surface area contributed by atoms with Gasteiger partial charge in [0, 0.05) is 12.7 Å². The van der Waals surface area contributed by atoms with E-state index in [1.165, 1.54) is 12.5 Å². The molecule has 19 heavy (non-hydrogen) atoms. The first-order chi connectivity index (χ1) is 8.94. The van der Waals surface area contributed by atoms with E-state index in [0.29, 0.717) is 17.8 Å². The van der Waals surface area contributed by atoms with Crippen molar-refractivity contribution in [1.29, 1.82) is 0 Å². The van der Waals surface area contributed by atoms with Crippen LogP contribution in [-0.4, -0.2) is 52.0 Å². The molecule has 0 bridgehead atoms. The van der Waals surface area contributed by atoms with Crippen molar-refractivity contribution in [2.75, 3.05) is 19.7 Å². The maximum Gasteiger partial charge on any atom is 0.257 e. The van der Waals surface area contributed by atoms with Gasteiger partial charge in [0.05, 0.1) is 24.4 Å². The molecule has 1 atom stereocenters. The summed E-state index contributed by atoms with van der Waals surface area (Å²) < 4.78 is 5.37. The van der Waals surface area contributed by atoms with E-state index in [1.54, 1.807) is 18.7 Å². The van der Waals surface area contributed by atoms with Crippen molar-refractivity contribution < 1.29 is 14.3 Å². The molecule has 0 saturated carbocycles. The molecular formula is C12H16N4O3. The molecule has 0 aliphatic carbocycles. The Labute approximate surface area is 110 Å². The molecule has 1 saturated heterocycles. The van der Waals surface area contributed by atoms with E-state index in [1.807, 2.05) is 0 Å². The van der Waals surface area contributed by atoms with Gasteiger partial charge in [0.1, 0.15) is 6.33 Å². The summed E-state index contributed by atoms with van der Waals surface area (Å²) in [6.45, 7) is 4.15. The molecule has 0 radical (unpaired) electrons. The fourth-order valence-electron chi connectivity index (χ4n) is 1.96. The molecule has 102 valence electrons. The fraction of sp³-hybridized carbons (Fsp3) is 0.500. The van der Waals surface area contributed by atoms with Crippen LogP contribution in [0.15, 0.2) is 12.5 Å². The van der Waals surface area contributed by atoms with Crippen molar-refractivity contribution in [2.24, 2.45) is 5.73 Å². The first-order valence-corrected chi connectivity index (χ1v) is 5.94. The summed E-state index contributed by atoms with van der Waals surface area (Å²) in [6, 6.07) is 0. The van der Waals surface area contributed by atoms with Gasteiger partial charge in [-0.05, 0) is 13.8 Å². The van der Waals surface area contributed by atoms with Gasteiger partial charge in [-0.2, -0.15) is 0 Å². The average Bonchev–Trinajstić information content (AvgIpc) is 2.38. The smallest absolute Gasteiger partial charge is 0.257 e. The van der Waals surface area contributed by atoms with E-state index in [9.17, 15) is 9.59 Å². The summed E-state index contributed by atoms with van der Waals surface area (Å²) >= 11 is 0. The number of aromatic nitrogens is 2. The Morgan fingerprint density at radius 3 is 2.89 bits per heavy atom. The highest BCUT2D eigenvalue weighted by Crippen LogP contribution is 2.19. The first-order valence-electron chi connectivity index (χ1n) is 5.94. The lowest BCUT2D eigenvalue weighted by molar-refractivity contribution is -0.150. The van der Waals surface area contributed by atoms with Crippen molar-refractivity contribution in [3.05, 3.63) is 23.8 Å². The lowest BCUT2D eigenvalue weighted by Crippen LogP contribution is -2.58. The molecule has 0 spiro atoms. The largest absolute Gasteiger partial charge is 0.367 e. The number of nitrogens with two attached hydrogens (primary N) is 1. The van der Waals surface area contributed by atoms with E-state index < -0.39 is 11.5 Å². The highest BCUT2D eigenvalue weighted by Gasteiger charge is 2.39. The summed E-state index contributed by atoms with van der Waals surface area (Å²) in [5.74, 6) is -0.792. The van der Waals surface area contributed by atoms with E-state index >= 15 is 0 Å². The van der Waals surface area contributed by atoms with E-state index in [2.05, 4.69) is 9.97 Å². The van der Waals surface area contributed by atoms with Crippen LogP contribution in [0, 0.1) is 6.92 Å². The Balaban J connectivity index is 2.21. The predicted molar refractivity (Wildman–Crippen MR) is 66.2 cm³/mol. The minimum Gasteiger partial charge on any atom is -0.367 e. The van der Waals surface area contributed by atoms with E-state index in [4.69, 9.17) is 10.5 Å². The zero-order chi connectivity index (χ0) is 14.0. The molecule has 2 rings (SSSR count). The van der Waals surface area contributed by atoms with Gasteiger partial charge in [-0.3, -0.25) is 9.59 Å². The minimum absolute atomic E-state index is 0.134. The Morgan fingerprint density at radius 1 is 1.53 bits per heavy atom. The van der Waals surface area contributed by atoms with Crippen LogP contribution in [0.3, 0.4) is 0 Å². The van der Waals surface area contributed by atoms with Crippen LogP contribution >= 0.6 is 0 Å². The highest BCUT2D eigenvalue weighted by atomic mass is 16.5. The third-order valence-corrected chi connectivity index (χ3v) is 3.22. The summed E-state index contributed by atoms with van der Waals surface area (Å²) in [7, 11) is 0. The fourth-order valence-corrected chi connectivity index (χ4v) is 1.96. The molecule has 1 fully saturated rings. The van der Waals surface area contributed by atoms with Crippen molar-refractivity contribution in [1.82, 2.24) is 14.9 Å². The van der Waals surface area contributed by atoms with Gasteiger partial charge < -0.3 is 15.4 Å². The minimum atomic E-state index is -1.14. The number of hydrogen-bond acceptors (Lipinski definition) is 5. The number of rotatable bonds is 2. The third-order valence-electron chi connectivity index (χ3n) is 3.22. The predicted octanol–water partition coefficient (Wildman–Crippen LogP) is -0.499. The van der Waals surface area contributed by atoms with Crippen LogP contribution in [0.1, 0.15) is 23.0 Å². The molecule has 2 heterocycles. The Bertz CT molecular complexity index is 519. The number of amides is 2. The molecule has 1 unspecified atom stereocenters. The highest BCUT2D eigenvalue weighted by molar-refractivity contribution is 5.95. The standard InChI is InChI=1S/C12H16N4O3/c1-8-9(5-14-7-15-8)10(17)16-3-4-19-12(2,6-16)11(13)18/h5,7H,3-4,6H2,1-2H3,(H2,13,18). The van der Waals surface area contributed by atoms with Gasteiger partial charge in [-0.1, -0.05) is 0 Å². The van der Waals surface area contributed by atoms with Crippen molar-refractivity contribution in [3.8, 4) is 0 Å². The molecule has 1 aromatic heterocycles. The number of primary amides is 1. The lowest BCUT2D eigenvalue weighted by Gasteiger charge is -2.38. The van der Waals surface area contributed by atoms with Gasteiger partial charge in [-0.15, -0.1) is 0 Å². The monoisotopic (exact) mass is 264 g/mol. The Kier molecular flexibility index (Phi) is 3.48. The number of morpholine rings is 1. The quantitative estimate of drug-likeness (QED) is 0.776. The zero-order valence-corrected chi connectivity index (χ0v) is 10.9. The second-order valence-electron chi connectivity index (χ2n) is 4.69. The molecule has 1 aromatic rings. The normalized spacial score (nSPS) is 23.2. The first kappa shape index (κ1) is 13.4. The van der Waals surface area contributed by atoms with E-state index in [0.717, 1.165) is 0 Å². The Hall–Kier alpha value is -2.02. The molecule has 0 aromatic carbocycles. The van der Waals surface area contributed by atoms with Crippen molar-refractivity contribution >= 4 is 11.8 Å². The maximum absolute atomic E-state index is 12.4. The molecule has 2 N–H and O–H groups in total. The van der Waals surface area contributed by atoms with Gasteiger partial charge in [-0.25, -0.2) is 9.97 Å². The van der Waals surface area contributed by atoms with Gasteiger partial charge in [0.2, 0.25) is 0 Å². The average molecular weight is 264 g/mol. The van der Waals surface area contributed by atoms with Crippen molar-refractivity contribution in [3.63, 3.8) is 0 Å². The van der Waals surface area contributed by atoms with Crippen LogP contribution in [0.2, 0.25) is 0 Å². The van der Waals surface area contributed by atoms with Crippen LogP contribution in [0.5, 0.6) is 0 Å². The molecule has 1 aliphatic heterocycles. The van der Waals surface area contributed by atoms with Gasteiger partial charge in [0.25, 0.3) is 11.8 Å². The number of hydrogen-bond donors (Lipinski definition) is 1. The summed E-state index contributed by atoms with van der Waals surface area (Å²) in [5.41, 5.74) is 5.20. The second-order valence-corrected chi connectivity index (χ2v) is 4.69. The molecule has 7 nitrogen and oxygen atoms in total. The Morgan fingerprint density at radius 2 is 2.26 bits per heavy atom. The van der Waals surface area contributed by atoms with Gasteiger partial charge >= 0.3 is 0 Å². The van der Waals surface area contributed by atoms with Crippen LogP contribution in [0.4, 0.5) is 0 Å². The number of ether oxygens (including phenoxy) is 1. The molecule has 1 aliphatic rings. The zero-order valence-electron chi connectivity index (χ0n) is 10.9. The lowest BCUT2D eigenvalue weighted by atomic mass is 10.0. The maximum atomic E-state index is 12.4. The number of aryl methyl sites for hydroxylation is 1.